The van der Waals surface area contributed by atoms with Gasteiger partial charge in [0.1, 0.15) is 5.51 Å². The molecule has 2 aromatic rings. The summed E-state index contributed by atoms with van der Waals surface area (Å²) in [6.45, 7) is 0. The van der Waals surface area contributed by atoms with Crippen LogP contribution in [0.15, 0.2) is 17.6 Å². The van der Waals surface area contributed by atoms with Crippen LogP contribution < -0.4 is 10.6 Å². The number of amides is 2. The Morgan fingerprint density at radius 3 is 2.50 bits per heavy atom. The average Bonchev–Trinajstić information content (AvgIpc) is 2.85. The predicted octanol–water partition coefficient (Wildman–Crippen LogP) is 2.16. The number of anilines is 2. The van der Waals surface area contributed by atoms with Crippen LogP contribution in [-0.2, 0) is 0 Å². The highest BCUT2D eigenvalue weighted by Crippen LogP contribution is 2.20. The van der Waals surface area contributed by atoms with Crippen molar-refractivity contribution in [3.05, 3.63) is 34.8 Å². The molecule has 1 aromatic heterocycles. The molecule has 10 heteroatoms. The molecule has 2 amide bonds. The SMILES string of the molecule is O=C(Nc1nncs1)Nc1cc(F)c(F)cc1C(=O)O. The molecule has 0 saturated heterocycles. The monoisotopic (exact) mass is 300 g/mol. The molecular formula is C10H6F2N4O3S. The van der Waals surface area contributed by atoms with Crippen molar-refractivity contribution in [3.8, 4) is 0 Å². The normalized spacial score (nSPS) is 10.1. The maximum Gasteiger partial charge on any atom is 0.337 e. The smallest absolute Gasteiger partial charge is 0.337 e. The van der Waals surface area contributed by atoms with E-state index in [4.69, 9.17) is 5.11 Å². The van der Waals surface area contributed by atoms with Crippen LogP contribution in [0.1, 0.15) is 10.4 Å². The third-order valence-corrected chi connectivity index (χ3v) is 2.73. The summed E-state index contributed by atoms with van der Waals surface area (Å²) >= 11 is 1.03. The summed E-state index contributed by atoms with van der Waals surface area (Å²) in [4.78, 5) is 22.5. The molecule has 3 N–H and O–H groups in total. The molecule has 1 aromatic carbocycles. The second-order valence-electron chi connectivity index (χ2n) is 3.44. The first-order chi connectivity index (χ1) is 9.47. The molecule has 1 heterocycles. The Balaban J connectivity index is 2.22. The van der Waals surface area contributed by atoms with Gasteiger partial charge in [-0.25, -0.2) is 18.4 Å². The van der Waals surface area contributed by atoms with Gasteiger partial charge in [-0.2, -0.15) is 0 Å². The first-order valence-corrected chi connectivity index (χ1v) is 5.92. The van der Waals surface area contributed by atoms with Crippen molar-refractivity contribution < 1.29 is 23.5 Å². The van der Waals surface area contributed by atoms with Crippen LogP contribution in [0, 0.1) is 11.6 Å². The van der Waals surface area contributed by atoms with Crippen molar-refractivity contribution >= 4 is 34.2 Å². The van der Waals surface area contributed by atoms with E-state index in [0.29, 0.717) is 12.1 Å². The molecule has 20 heavy (non-hydrogen) atoms. The molecule has 104 valence electrons. The molecule has 0 fully saturated rings. The van der Waals surface area contributed by atoms with E-state index in [2.05, 4.69) is 20.8 Å². The molecular weight excluding hydrogens is 294 g/mol. The molecule has 0 aliphatic rings. The van der Waals surface area contributed by atoms with Gasteiger partial charge in [-0.05, 0) is 6.07 Å². The Bertz CT molecular complexity index is 663. The van der Waals surface area contributed by atoms with E-state index in [1.807, 2.05) is 0 Å². The van der Waals surface area contributed by atoms with Gasteiger partial charge < -0.3 is 10.4 Å². The summed E-state index contributed by atoms with van der Waals surface area (Å²) in [5.74, 6) is -4.10. The van der Waals surface area contributed by atoms with E-state index in [0.717, 1.165) is 11.3 Å². The number of aromatic carboxylic acids is 1. The van der Waals surface area contributed by atoms with Crippen LogP contribution >= 0.6 is 11.3 Å². The zero-order chi connectivity index (χ0) is 14.7. The number of aromatic nitrogens is 2. The van der Waals surface area contributed by atoms with Gasteiger partial charge in [0.05, 0.1) is 11.3 Å². The van der Waals surface area contributed by atoms with Crippen molar-refractivity contribution in [1.29, 1.82) is 0 Å². The first-order valence-electron chi connectivity index (χ1n) is 5.04. The zero-order valence-corrected chi connectivity index (χ0v) is 10.4. The number of urea groups is 1. The van der Waals surface area contributed by atoms with E-state index in [9.17, 15) is 18.4 Å². The fraction of sp³-hybridized carbons (Fsp3) is 0. The third kappa shape index (κ3) is 3.03. The molecule has 0 unspecified atom stereocenters. The van der Waals surface area contributed by atoms with E-state index in [-0.39, 0.29) is 10.8 Å². The summed E-state index contributed by atoms with van der Waals surface area (Å²) in [5.41, 5.74) is 0.422. The lowest BCUT2D eigenvalue weighted by Gasteiger charge is -2.09. The minimum absolute atomic E-state index is 0.168. The van der Waals surface area contributed by atoms with Crippen LogP contribution in [0.25, 0.3) is 0 Å². The minimum Gasteiger partial charge on any atom is -0.478 e. The quantitative estimate of drug-likeness (QED) is 0.805. The third-order valence-electron chi connectivity index (χ3n) is 2.12. The van der Waals surface area contributed by atoms with Gasteiger partial charge in [-0.15, -0.1) is 10.2 Å². The highest BCUT2D eigenvalue weighted by molar-refractivity contribution is 7.13. The Hall–Kier alpha value is -2.62. The van der Waals surface area contributed by atoms with Crippen LogP contribution in [0.2, 0.25) is 0 Å². The minimum atomic E-state index is -1.50. The van der Waals surface area contributed by atoms with Gasteiger partial charge in [0.2, 0.25) is 5.13 Å². The number of carboxylic acids is 1. The molecule has 0 radical (unpaired) electrons. The molecule has 0 spiro atoms. The summed E-state index contributed by atoms with van der Waals surface area (Å²) in [5, 5.41) is 20.4. The fourth-order valence-corrected chi connectivity index (χ4v) is 1.75. The van der Waals surface area contributed by atoms with E-state index in [1.165, 1.54) is 5.51 Å². The van der Waals surface area contributed by atoms with Gasteiger partial charge in [0, 0.05) is 6.07 Å². The number of carbonyl (C=O) groups is 2. The molecule has 0 aliphatic heterocycles. The van der Waals surface area contributed by atoms with Crippen LogP contribution in [-0.4, -0.2) is 27.3 Å². The van der Waals surface area contributed by atoms with E-state index < -0.39 is 29.2 Å². The van der Waals surface area contributed by atoms with Crippen molar-refractivity contribution in [1.82, 2.24) is 10.2 Å². The largest absolute Gasteiger partial charge is 0.478 e. The van der Waals surface area contributed by atoms with Crippen molar-refractivity contribution in [2.75, 3.05) is 10.6 Å². The Morgan fingerprint density at radius 1 is 1.20 bits per heavy atom. The molecule has 0 aliphatic carbocycles. The maximum atomic E-state index is 13.1. The number of carbonyl (C=O) groups excluding carboxylic acids is 1. The highest BCUT2D eigenvalue weighted by Gasteiger charge is 2.17. The summed E-state index contributed by atoms with van der Waals surface area (Å²) in [7, 11) is 0. The number of carboxylic acid groups (broad SMARTS) is 1. The molecule has 7 nitrogen and oxygen atoms in total. The predicted molar refractivity (Wildman–Crippen MR) is 65.9 cm³/mol. The van der Waals surface area contributed by atoms with Crippen molar-refractivity contribution in [2.24, 2.45) is 0 Å². The lowest BCUT2D eigenvalue weighted by molar-refractivity contribution is 0.0697. The van der Waals surface area contributed by atoms with E-state index >= 15 is 0 Å². The standard InChI is InChI=1S/C10H6F2N4O3S/c11-5-1-4(8(17)18)7(2-6(5)12)14-9(19)15-10-16-13-3-20-10/h1-3H,(H,17,18)(H2,14,15,16,19). The van der Waals surface area contributed by atoms with Gasteiger partial charge in [-0.3, -0.25) is 5.32 Å². The number of halogens is 2. The van der Waals surface area contributed by atoms with Gasteiger partial charge in [0.25, 0.3) is 0 Å². The zero-order valence-electron chi connectivity index (χ0n) is 9.55. The molecule has 0 atom stereocenters. The second-order valence-corrected chi connectivity index (χ2v) is 4.27. The molecule has 0 saturated carbocycles. The topological polar surface area (TPSA) is 104 Å². The number of hydrogen-bond donors (Lipinski definition) is 3. The fourth-order valence-electron chi connectivity index (χ4n) is 1.31. The second kappa shape index (κ2) is 5.57. The lowest BCUT2D eigenvalue weighted by Crippen LogP contribution is -2.21. The summed E-state index contributed by atoms with van der Waals surface area (Å²) < 4.78 is 26.1. The highest BCUT2D eigenvalue weighted by atomic mass is 32.1. The number of nitrogens with zero attached hydrogens (tertiary/aromatic N) is 2. The first kappa shape index (κ1) is 13.8. The van der Waals surface area contributed by atoms with Crippen LogP contribution in [0.3, 0.4) is 0 Å². The summed E-state index contributed by atoms with van der Waals surface area (Å²) in [6, 6.07) is 0.215. The van der Waals surface area contributed by atoms with Gasteiger partial charge in [-0.1, -0.05) is 11.3 Å². The molecule has 2 rings (SSSR count). The van der Waals surface area contributed by atoms with Gasteiger partial charge in [0.15, 0.2) is 11.6 Å². The Kier molecular flexibility index (Phi) is 3.84. The maximum absolute atomic E-state index is 13.1. The number of rotatable bonds is 3. The summed E-state index contributed by atoms with van der Waals surface area (Å²) in [6.07, 6.45) is 0. The Morgan fingerprint density at radius 2 is 1.90 bits per heavy atom. The van der Waals surface area contributed by atoms with Crippen molar-refractivity contribution in [3.63, 3.8) is 0 Å². The average molecular weight is 300 g/mol. The van der Waals surface area contributed by atoms with Gasteiger partial charge >= 0.3 is 12.0 Å². The van der Waals surface area contributed by atoms with Crippen molar-refractivity contribution in [2.45, 2.75) is 0 Å². The van der Waals surface area contributed by atoms with Crippen LogP contribution in [0.4, 0.5) is 24.4 Å². The number of nitrogens with one attached hydrogen (secondary N) is 2. The number of hydrogen-bond acceptors (Lipinski definition) is 5. The molecule has 0 bridgehead atoms. The number of benzene rings is 1. The van der Waals surface area contributed by atoms with E-state index in [1.54, 1.807) is 0 Å². The lowest BCUT2D eigenvalue weighted by atomic mass is 10.1. The van der Waals surface area contributed by atoms with Crippen LogP contribution in [0.5, 0.6) is 0 Å². The Labute approximate surface area is 114 Å².